The SMILES string of the molecule is CN(C)[C@H]1CCN(Cc2ccc(-c3ccc(S(C)(=O)=O)cc3)cc2)C1. The average molecular weight is 359 g/mol. The zero-order valence-corrected chi connectivity index (χ0v) is 16.0. The fourth-order valence-electron chi connectivity index (χ4n) is 3.33. The standard InChI is InChI=1S/C20H26N2O2S/c1-21(2)19-12-13-22(15-19)14-16-4-6-17(7-5-16)18-8-10-20(11-9-18)25(3,23)24/h4-11,19H,12-15H2,1-3H3/t19-/m0/s1. The van der Waals surface area contributed by atoms with E-state index in [9.17, 15) is 8.42 Å². The summed E-state index contributed by atoms with van der Waals surface area (Å²) < 4.78 is 23.1. The van der Waals surface area contributed by atoms with Crippen LogP contribution in [0, 0.1) is 0 Å². The number of hydrogen-bond acceptors (Lipinski definition) is 4. The normalized spacial score (nSPS) is 18.8. The minimum absolute atomic E-state index is 0.359. The van der Waals surface area contributed by atoms with E-state index in [0.717, 1.165) is 30.8 Å². The lowest BCUT2D eigenvalue weighted by Gasteiger charge is -2.20. The van der Waals surface area contributed by atoms with Crippen molar-refractivity contribution >= 4 is 9.84 Å². The third kappa shape index (κ3) is 4.48. The number of hydrogen-bond donors (Lipinski definition) is 0. The summed E-state index contributed by atoms with van der Waals surface area (Å²) in [5.74, 6) is 0. The van der Waals surface area contributed by atoms with Gasteiger partial charge in [0.2, 0.25) is 0 Å². The van der Waals surface area contributed by atoms with Gasteiger partial charge in [-0.2, -0.15) is 0 Å². The number of nitrogens with zero attached hydrogens (tertiary/aromatic N) is 2. The molecule has 0 aromatic heterocycles. The summed E-state index contributed by atoms with van der Waals surface area (Å²) in [4.78, 5) is 5.17. The highest BCUT2D eigenvalue weighted by Gasteiger charge is 2.23. The Bertz CT molecular complexity index is 812. The Morgan fingerprint density at radius 2 is 1.56 bits per heavy atom. The molecular weight excluding hydrogens is 332 g/mol. The van der Waals surface area contributed by atoms with Crippen molar-refractivity contribution in [3.8, 4) is 11.1 Å². The molecule has 0 spiro atoms. The summed E-state index contributed by atoms with van der Waals surface area (Å²) in [5, 5.41) is 0. The van der Waals surface area contributed by atoms with Gasteiger partial charge >= 0.3 is 0 Å². The van der Waals surface area contributed by atoms with Gasteiger partial charge in [0.25, 0.3) is 0 Å². The van der Waals surface area contributed by atoms with Crippen LogP contribution in [0.1, 0.15) is 12.0 Å². The molecule has 1 saturated heterocycles. The topological polar surface area (TPSA) is 40.6 Å². The van der Waals surface area contributed by atoms with Crippen LogP contribution in [0.4, 0.5) is 0 Å². The molecule has 2 aromatic carbocycles. The summed E-state index contributed by atoms with van der Waals surface area (Å²) in [6.45, 7) is 3.26. The lowest BCUT2D eigenvalue weighted by atomic mass is 10.0. The van der Waals surface area contributed by atoms with E-state index in [2.05, 4.69) is 48.2 Å². The van der Waals surface area contributed by atoms with Gasteiger partial charge in [0, 0.05) is 31.9 Å². The molecule has 1 aliphatic rings. The molecule has 5 heteroatoms. The van der Waals surface area contributed by atoms with Crippen LogP contribution in [0.25, 0.3) is 11.1 Å². The second-order valence-electron chi connectivity index (χ2n) is 7.13. The number of likely N-dealkylation sites (tertiary alicyclic amines) is 1. The summed E-state index contributed by atoms with van der Waals surface area (Å²) in [5.41, 5.74) is 3.46. The van der Waals surface area contributed by atoms with E-state index in [1.165, 1.54) is 18.2 Å². The van der Waals surface area contributed by atoms with E-state index in [0.29, 0.717) is 10.9 Å². The first kappa shape index (κ1) is 18.1. The number of sulfone groups is 1. The predicted molar refractivity (Wildman–Crippen MR) is 102 cm³/mol. The Morgan fingerprint density at radius 3 is 2.04 bits per heavy atom. The maximum absolute atomic E-state index is 11.5. The smallest absolute Gasteiger partial charge is 0.175 e. The molecule has 0 unspecified atom stereocenters. The first-order chi connectivity index (χ1) is 11.8. The Balaban J connectivity index is 1.66. The van der Waals surface area contributed by atoms with Crippen LogP contribution in [0.5, 0.6) is 0 Å². The van der Waals surface area contributed by atoms with Crippen molar-refractivity contribution < 1.29 is 8.42 Å². The lowest BCUT2D eigenvalue weighted by Crippen LogP contribution is -2.31. The van der Waals surface area contributed by atoms with Crippen molar-refractivity contribution in [3.05, 3.63) is 54.1 Å². The Labute approximate surface area is 151 Å². The summed E-state index contributed by atoms with van der Waals surface area (Å²) >= 11 is 0. The molecule has 0 aliphatic carbocycles. The maximum Gasteiger partial charge on any atom is 0.175 e. The van der Waals surface area contributed by atoms with Gasteiger partial charge in [-0.3, -0.25) is 4.90 Å². The third-order valence-electron chi connectivity index (χ3n) is 4.95. The van der Waals surface area contributed by atoms with E-state index < -0.39 is 9.84 Å². The first-order valence-corrected chi connectivity index (χ1v) is 10.5. The molecule has 4 nitrogen and oxygen atoms in total. The minimum atomic E-state index is -3.14. The monoisotopic (exact) mass is 358 g/mol. The van der Waals surface area contributed by atoms with Crippen molar-refractivity contribution in [1.29, 1.82) is 0 Å². The molecule has 0 N–H and O–H groups in total. The second kappa shape index (κ2) is 7.28. The molecule has 3 rings (SSSR count). The van der Waals surface area contributed by atoms with Crippen LogP contribution in [0.15, 0.2) is 53.4 Å². The van der Waals surface area contributed by atoms with Gasteiger partial charge in [0.15, 0.2) is 9.84 Å². The molecule has 25 heavy (non-hydrogen) atoms. The van der Waals surface area contributed by atoms with E-state index in [4.69, 9.17) is 0 Å². The number of benzene rings is 2. The zero-order valence-electron chi connectivity index (χ0n) is 15.1. The van der Waals surface area contributed by atoms with Crippen molar-refractivity contribution in [2.75, 3.05) is 33.4 Å². The van der Waals surface area contributed by atoms with Crippen LogP contribution >= 0.6 is 0 Å². The van der Waals surface area contributed by atoms with Gasteiger partial charge in [-0.15, -0.1) is 0 Å². The van der Waals surface area contributed by atoms with Crippen LogP contribution < -0.4 is 0 Å². The molecule has 0 bridgehead atoms. The maximum atomic E-state index is 11.5. The molecule has 2 aromatic rings. The Kier molecular flexibility index (Phi) is 5.27. The van der Waals surface area contributed by atoms with Crippen LogP contribution in [-0.4, -0.2) is 57.7 Å². The van der Waals surface area contributed by atoms with E-state index in [1.54, 1.807) is 12.1 Å². The highest BCUT2D eigenvalue weighted by Crippen LogP contribution is 2.23. The predicted octanol–water partition coefficient (Wildman–Crippen LogP) is 2.89. The molecule has 1 atom stereocenters. The van der Waals surface area contributed by atoms with Gasteiger partial charge in [-0.25, -0.2) is 8.42 Å². The Hall–Kier alpha value is -1.69. The molecule has 0 saturated carbocycles. The molecule has 1 fully saturated rings. The minimum Gasteiger partial charge on any atom is -0.305 e. The molecular formula is C20H26N2O2S. The van der Waals surface area contributed by atoms with Crippen molar-refractivity contribution in [1.82, 2.24) is 9.80 Å². The Morgan fingerprint density at radius 1 is 1.00 bits per heavy atom. The molecule has 134 valence electrons. The van der Waals surface area contributed by atoms with E-state index >= 15 is 0 Å². The van der Waals surface area contributed by atoms with Crippen molar-refractivity contribution in [2.24, 2.45) is 0 Å². The fourth-order valence-corrected chi connectivity index (χ4v) is 3.96. The summed E-state index contributed by atoms with van der Waals surface area (Å²) in [6, 6.07) is 16.3. The van der Waals surface area contributed by atoms with Crippen molar-refractivity contribution in [3.63, 3.8) is 0 Å². The van der Waals surface area contributed by atoms with E-state index in [1.807, 2.05) is 12.1 Å². The van der Waals surface area contributed by atoms with Gasteiger partial charge < -0.3 is 4.90 Å². The molecule has 0 amide bonds. The molecule has 1 heterocycles. The molecule has 0 radical (unpaired) electrons. The fraction of sp³-hybridized carbons (Fsp3) is 0.400. The van der Waals surface area contributed by atoms with Crippen LogP contribution in [0.2, 0.25) is 0 Å². The van der Waals surface area contributed by atoms with Gasteiger partial charge in [0.05, 0.1) is 4.90 Å². The summed E-state index contributed by atoms with van der Waals surface area (Å²) in [7, 11) is 1.16. The second-order valence-corrected chi connectivity index (χ2v) is 9.15. The summed E-state index contributed by atoms with van der Waals surface area (Å²) in [6.07, 6.45) is 2.47. The highest BCUT2D eigenvalue weighted by molar-refractivity contribution is 7.90. The number of rotatable bonds is 5. The van der Waals surface area contributed by atoms with Gasteiger partial charge in [0.1, 0.15) is 0 Å². The zero-order chi connectivity index (χ0) is 18.0. The number of likely N-dealkylation sites (N-methyl/N-ethyl adjacent to an activating group) is 1. The highest BCUT2D eigenvalue weighted by atomic mass is 32.2. The van der Waals surface area contributed by atoms with Gasteiger partial charge in [-0.1, -0.05) is 36.4 Å². The third-order valence-corrected chi connectivity index (χ3v) is 6.08. The average Bonchev–Trinajstić information content (AvgIpc) is 3.04. The van der Waals surface area contributed by atoms with Crippen molar-refractivity contribution in [2.45, 2.75) is 23.9 Å². The largest absolute Gasteiger partial charge is 0.305 e. The lowest BCUT2D eigenvalue weighted by molar-refractivity contribution is 0.264. The quantitative estimate of drug-likeness (QED) is 0.824. The van der Waals surface area contributed by atoms with Crippen LogP contribution in [-0.2, 0) is 16.4 Å². The van der Waals surface area contributed by atoms with Crippen LogP contribution in [0.3, 0.4) is 0 Å². The van der Waals surface area contributed by atoms with Gasteiger partial charge in [-0.05, 0) is 49.3 Å². The first-order valence-electron chi connectivity index (χ1n) is 8.61. The molecule has 1 aliphatic heterocycles. The van der Waals surface area contributed by atoms with E-state index in [-0.39, 0.29) is 0 Å².